The average Bonchev–Trinajstić information content (AvgIpc) is 2.87. The molecule has 0 bridgehead atoms. The maximum Gasteiger partial charge on any atom is 0.106 e. The van der Waals surface area contributed by atoms with Gasteiger partial charge in [0.15, 0.2) is 0 Å². The molecule has 0 aromatic heterocycles. The Morgan fingerprint density at radius 3 is 2.58 bits per heavy atom. The van der Waals surface area contributed by atoms with Crippen LogP contribution < -0.4 is 0 Å². The molecule has 1 aromatic rings. The molecule has 1 atom stereocenters. The highest BCUT2D eigenvalue weighted by Gasteiger charge is 2.27. The van der Waals surface area contributed by atoms with Crippen LogP contribution in [-0.4, -0.2) is 6.61 Å². The molecule has 0 unspecified atom stereocenters. The van der Waals surface area contributed by atoms with Crippen molar-refractivity contribution in [3.8, 4) is 0 Å². The van der Waals surface area contributed by atoms with Gasteiger partial charge in [-0.05, 0) is 17.0 Å². The van der Waals surface area contributed by atoms with E-state index in [4.69, 9.17) is 4.74 Å². The van der Waals surface area contributed by atoms with Crippen molar-refractivity contribution >= 4 is 0 Å². The van der Waals surface area contributed by atoms with Crippen LogP contribution in [0, 0.1) is 0 Å². The lowest BCUT2D eigenvalue weighted by Crippen LogP contribution is -1.94. The van der Waals surface area contributed by atoms with Crippen molar-refractivity contribution in [2.24, 2.45) is 0 Å². The van der Waals surface area contributed by atoms with Crippen LogP contribution in [0.2, 0.25) is 0 Å². The van der Waals surface area contributed by atoms with Crippen LogP contribution >= 0.6 is 0 Å². The second-order valence-corrected chi connectivity index (χ2v) is 3.61. The van der Waals surface area contributed by atoms with Crippen LogP contribution in [0.15, 0.2) is 24.3 Å². The summed E-state index contributed by atoms with van der Waals surface area (Å²) in [6, 6.07) is 8.55. The highest BCUT2D eigenvalue weighted by molar-refractivity contribution is 5.33. The third-order valence-corrected chi connectivity index (χ3v) is 2.30. The van der Waals surface area contributed by atoms with Crippen molar-refractivity contribution < 1.29 is 4.74 Å². The molecule has 1 heteroatoms. The van der Waals surface area contributed by atoms with E-state index in [0.717, 1.165) is 6.61 Å². The van der Waals surface area contributed by atoms with E-state index in [2.05, 4.69) is 38.1 Å². The van der Waals surface area contributed by atoms with Gasteiger partial charge in [0.2, 0.25) is 0 Å². The first-order valence-electron chi connectivity index (χ1n) is 4.49. The molecular weight excluding hydrogens is 148 g/mol. The molecule has 64 valence electrons. The van der Waals surface area contributed by atoms with Gasteiger partial charge in [0.25, 0.3) is 0 Å². The van der Waals surface area contributed by atoms with E-state index in [0.29, 0.717) is 12.0 Å². The molecule has 12 heavy (non-hydrogen) atoms. The smallest absolute Gasteiger partial charge is 0.106 e. The molecule has 1 heterocycles. The highest BCUT2D eigenvalue weighted by atomic mass is 16.6. The first-order valence-corrected chi connectivity index (χ1v) is 4.49. The summed E-state index contributed by atoms with van der Waals surface area (Å²) in [6.45, 7) is 5.35. The molecule has 0 N–H and O–H groups in total. The third-order valence-electron chi connectivity index (χ3n) is 2.30. The van der Waals surface area contributed by atoms with Gasteiger partial charge in [0.05, 0.1) is 6.61 Å². The van der Waals surface area contributed by atoms with Crippen LogP contribution in [0.3, 0.4) is 0 Å². The van der Waals surface area contributed by atoms with Crippen molar-refractivity contribution in [3.05, 3.63) is 35.4 Å². The predicted molar refractivity (Wildman–Crippen MR) is 49.2 cm³/mol. The van der Waals surface area contributed by atoms with E-state index >= 15 is 0 Å². The summed E-state index contributed by atoms with van der Waals surface area (Å²) < 4.78 is 5.29. The maximum atomic E-state index is 5.29. The summed E-state index contributed by atoms with van der Waals surface area (Å²) in [4.78, 5) is 0. The fraction of sp³-hybridized carbons (Fsp3) is 0.455. The zero-order chi connectivity index (χ0) is 8.55. The number of benzene rings is 1. The predicted octanol–water partition coefficient (Wildman–Crippen LogP) is 2.88. The lowest BCUT2D eigenvalue weighted by Gasteiger charge is -2.09. The molecule has 1 nitrogen and oxygen atoms in total. The standard InChI is InChI=1S/C11H14O/c1-8(2)9-5-3-4-6-10(9)11-7-12-11/h3-6,8,11H,7H2,1-2H3/t11-/m1/s1. The summed E-state index contributed by atoms with van der Waals surface area (Å²) in [5.74, 6) is 0.602. The summed E-state index contributed by atoms with van der Waals surface area (Å²) in [7, 11) is 0. The van der Waals surface area contributed by atoms with Crippen molar-refractivity contribution in [2.75, 3.05) is 6.61 Å². The van der Waals surface area contributed by atoms with E-state index in [9.17, 15) is 0 Å². The number of ether oxygens (including phenoxy) is 1. The van der Waals surface area contributed by atoms with E-state index in [1.807, 2.05) is 0 Å². The van der Waals surface area contributed by atoms with E-state index in [1.165, 1.54) is 11.1 Å². The minimum atomic E-state index is 0.392. The van der Waals surface area contributed by atoms with Gasteiger partial charge in [-0.2, -0.15) is 0 Å². The Bertz CT molecular complexity index is 253. The molecule has 1 fully saturated rings. The third kappa shape index (κ3) is 1.37. The van der Waals surface area contributed by atoms with E-state index < -0.39 is 0 Å². The van der Waals surface area contributed by atoms with Crippen LogP contribution in [0.5, 0.6) is 0 Å². The first kappa shape index (κ1) is 7.81. The van der Waals surface area contributed by atoms with Gasteiger partial charge in [0, 0.05) is 0 Å². The molecule has 0 radical (unpaired) electrons. The maximum absolute atomic E-state index is 5.29. The van der Waals surface area contributed by atoms with Crippen molar-refractivity contribution in [1.82, 2.24) is 0 Å². The van der Waals surface area contributed by atoms with Gasteiger partial charge in [0.1, 0.15) is 6.10 Å². The fourth-order valence-electron chi connectivity index (χ4n) is 1.56. The number of hydrogen-bond donors (Lipinski definition) is 0. The minimum absolute atomic E-state index is 0.392. The molecular formula is C11H14O. The van der Waals surface area contributed by atoms with Crippen molar-refractivity contribution in [2.45, 2.75) is 25.9 Å². The van der Waals surface area contributed by atoms with Crippen molar-refractivity contribution in [3.63, 3.8) is 0 Å². The zero-order valence-electron chi connectivity index (χ0n) is 7.58. The average molecular weight is 162 g/mol. The Morgan fingerprint density at radius 1 is 1.33 bits per heavy atom. The molecule has 1 aliphatic heterocycles. The van der Waals surface area contributed by atoms with Gasteiger partial charge in [-0.3, -0.25) is 0 Å². The number of epoxide rings is 1. The van der Waals surface area contributed by atoms with Crippen LogP contribution in [0.4, 0.5) is 0 Å². The van der Waals surface area contributed by atoms with Crippen molar-refractivity contribution in [1.29, 1.82) is 0 Å². The molecule has 1 aliphatic rings. The molecule has 0 amide bonds. The Morgan fingerprint density at radius 2 is 2.00 bits per heavy atom. The normalized spacial score (nSPS) is 21.4. The highest BCUT2D eigenvalue weighted by Crippen LogP contribution is 2.34. The van der Waals surface area contributed by atoms with Gasteiger partial charge < -0.3 is 4.74 Å². The molecule has 0 aliphatic carbocycles. The first-order chi connectivity index (χ1) is 5.79. The van der Waals surface area contributed by atoms with Crippen LogP contribution in [0.25, 0.3) is 0 Å². The van der Waals surface area contributed by atoms with Gasteiger partial charge in [-0.25, -0.2) is 0 Å². The Labute approximate surface area is 73.4 Å². The second kappa shape index (κ2) is 2.91. The minimum Gasteiger partial charge on any atom is -0.368 e. The summed E-state index contributed by atoms with van der Waals surface area (Å²) in [5, 5.41) is 0. The quantitative estimate of drug-likeness (QED) is 0.609. The number of rotatable bonds is 2. The van der Waals surface area contributed by atoms with Gasteiger partial charge in [-0.15, -0.1) is 0 Å². The molecule has 1 aromatic carbocycles. The zero-order valence-corrected chi connectivity index (χ0v) is 7.58. The Balaban J connectivity index is 2.36. The molecule has 0 saturated carbocycles. The Hall–Kier alpha value is -0.820. The molecule has 0 spiro atoms. The molecule has 1 saturated heterocycles. The lowest BCUT2D eigenvalue weighted by molar-refractivity contribution is 0.414. The topological polar surface area (TPSA) is 12.5 Å². The molecule has 2 rings (SSSR count). The van der Waals surface area contributed by atoms with E-state index in [-0.39, 0.29) is 0 Å². The second-order valence-electron chi connectivity index (χ2n) is 3.61. The monoisotopic (exact) mass is 162 g/mol. The lowest BCUT2D eigenvalue weighted by atomic mass is 9.96. The summed E-state index contributed by atoms with van der Waals surface area (Å²) in [6.07, 6.45) is 0.392. The van der Waals surface area contributed by atoms with Crippen LogP contribution in [0.1, 0.15) is 37.0 Å². The van der Waals surface area contributed by atoms with Gasteiger partial charge >= 0.3 is 0 Å². The fourth-order valence-corrected chi connectivity index (χ4v) is 1.56. The number of hydrogen-bond acceptors (Lipinski definition) is 1. The SMILES string of the molecule is CC(C)c1ccccc1[C@H]1CO1. The largest absolute Gasteiger partial charge is 0.368 e. The summed E-state index contributed by atoms with van der Waals surface area (Å²) >= 11 is 0. The van der Waals surface area contributed by atoms with Gasteiger partial charge in [-0.1, -0.05) is 38.1 Å². The van der Waals surface area contributed by atoms with Crippen LogP contribution in [-0.2, 0) is 4.74 Å². The Kier molecular flexibility index (Phi) is 1.89. The van der Waals surface area contributed by atoms with E-state index in [1.54, 1.807) is 0 Å². The summed E-state index contributed by atoms with van der Waals surface area (Å²) in [5.41, 5.74) is 2.81.